The van der Waals surface area contributed by atoms with Crippen LogP contribution in [0.5, 0.6) is 0 Å². The molecule has 0 aliphatic heterocycles. The summed E-state index contributed by atoms with van der Waals surface area (Å²) in [7, 11) is 0. The Hall–Kier alpha value is -4.65. The highest BCUT2D eigenvalue weighted by Crippen LogP contribution is 2.23. The van der Waals surface area contributed by atoms with Crippen molar-refractivity contribution in [2.45, 2.75) is 19.4 Å². The number of aryl methyl sites for hydroxylation is 2. The lowest BCUT2D eigenvalue weighted by Gasteiger charge is -2.10. The first-order chi connectivity index (χ1) is 17.3. The highest BCUT2D eigenvalue weighted by Gasteiger charge is 2.09. The molecule has 7 heteroatoms. The van der Waals surface area contributed by atoms with E-state index < -0.39 is 0 Å². The molecule has 0 saturated carbocycles. The molecule has 170 valence electrons. The predicted molar refractivity (Wildman–Crippen MR) is 138 cm³/mol. The fourth-order valence-corrected chi connectivity index (χ4v) is 4.43. The molecule has 0 radical (unpaired) electrons. The Morgan fingerprint density at radius 1 is 0.857 bits per heavy atom. The highest BCUT2D eigenvalue weighted by atomic mass is 15.5. The van der Waals surface area contributed by atoms with Gasteiger partial charge < -0.3 is 4.57 Å². The molecule has 6 aromatic rings. The van der Waals surface area contributed by atoms with E-state index in [9.17, 15) is 0 Å². The van der Waals surface area contributed by atoms with Crippen LogP contribution in [0.25, 0.3) is 34.1 Å². The minimum absolute atomic E-state index is 0.732. The molecule has 0 saturated heterocycles. The second kappa shape index (κ2) is 9.30. The smallest absolute Gasteiger partial charge is 0.174 e. The maximum absolute atomic E-state index is 4.69. The van der Waals surface area contributed by atoms with Gasteiger partial charge in [0.2, 0.25) is 0 Å². The summed E-state index contributed by atoms with van der Waals surface area (Å²) < 4.78 is 2.32. The molecule has 1 N–H and O–H groups in total. The van der Waals surface area contributed by atoms with Gasteiger partial charge in [-0.3, -0.25) is 4.98 Å². The van der Waals surface area contributed by atoms with Crippen LogP contribution in [-0.4, -0.2) is 35.2 Å². The minimum Gasteiger partial charge on any atom is -0.343 e. The van der Waals surface area contributed by atoms with E-state index >= 15 is 0 Å². The number of nitrogens with one attached hydrogen (secondary N) is 1. The largest absolute Gasteiger partial charge is 0.343 e. The first-order valence-corrected chi connectivity index (χ1v) is 11.6. The summed E-state index contributed by atoms with van der Waals surface area (Å²) in [4.78, 5) is 9.18. The molecule has 0 amide bonds. The van der Waals surface area contributed by atoms with Crippen LogP contribution < -0.4 is 0 Å². The molecule has 6 rings (SSSR count). The number of nitrogens with zero attached hydrogens (tertiary/aromatic N) is 6. The normalized spacial score (nSPS) is 11.7. The van der Waals surface area contributed by atoms with Crippen molar-refractivity contribution in [3.63, 3.8) is 0 Å². The molecule has 3 aromatic carbocycles. The highest BCUT2D eigenvalue weighted by molar-refractivity contribution is 5.83. The van der Waals surface area contributed by atoms with Gasteiger partial charge in [0.25, 0.3) is 0 Å². The Bertz CT molecular complexity index is 1630. The van der Waals surface area contributed by atoms with Crippen LogP contribution in [0.3, 0.4) is 0 Å². The lowest BCUT2D eigenvalue weighted by molar-refractivity contribution is 0.818. The SMILES string of the molecule is C(=Cc1cnc2ccccc2n1)c1cccc(Cn2ccc3cccc(CCc4nn[nH]n4)c32)c1. The summed E-state index contributed by atoms with van der Waals surface area (Å²) in [5, 5.41) is 15.6. The van der Waals surface area contributed by atoms with Gasteiger partial charge in [0, 0.05) is 19.2 Å². The summed E-state index contributed by atoms with van der Waals surface area (Å²) in [5.41, 5.74) is 7.55. The third kappa shape index (κ3) is 4.56. The van der Waals surface area contributed by atoms with Gasteiger partial charge in [0.05, 0.1) is 28.4 Å². The van der Waals surface area contributed by atoms with Crippen LogP contribution in [0.2, 0.25) is 0 Å². The van der Waals surface area contributed by atoms with Crippen molar-refractivity contribution in [2.75, 3.05) is 0 Å². The monoisotopic (exact) mass is 457 g/mol. The zero-order valence-corrected chi connectivity index (χ0v) is 19.0. The van der Waals surface area contributed by atoms with Crippen molar-refractivity contribution < 1.29 is 0 Å². The molecule has 0 aliphatic carbocycles. The molecule has 7 nitrogen and oxygen atoms in total. The first-order valence-electron chi connectivity index (χ1n) is 11.6. The summed E-state index contributed by atoms with van der Waals surface area (Å²) in [6.07, 6.45) is 9.68. The van der Waals surface area contributed by atoms with Gasteiger partial charge in [-0.05, 0) is 58.8 Å². The number of hydrogen-bond donors (Lipinski definition) is 1. The standard InChI is InChI=1S/C28H23N7/c1-2-10-26-25(9-1)29-18-24(30-26)13-11-20-5-3-6-21(17-20)19-35-16-15-23-8-4-7-22(28(23)35)12-14-27-31-33-34-32-27/h1-11,13,15-18H,12,14,19H2,(H,31,32,33,34). The average Bonchev–Trinajstić information content (AvgIpc) is 3.57. The lowest BCUT2D eigenvalue weighted by atomic mass is 10.1. The molecule has 0 bridgehead atoms. The number of rotatable bonds is 7. The molecule has 3 heterocycles. The number of hydrogen-bond acceptors (Lipinski definition) is 5. The molecule has 0 unspecified atom stereocenters. The zero-order valence-electron chi connectivity index (χ0n) is 19.0. The molecule has 0 spiro atoms. The van der Waals surface area contributed by atoms with Gasteiger partial charge in [-0.25, -0.2) is 4.98 Å². The molecule has 0 atom stereocenters. The summed E-state index contributed by atoms with van der Waals surface area (Å²) in [6.45, 7) is 0.792. The van der Waals surface area contributed by atoms with Gasteiger partial charge >= 0.3 is 0 Å². The maximum atomic E-state index is 4.69. The minimum atomic E-state index is 0.732. The van der Waals surface area contributed by atoms with Crippen molar-refractivity contribution in [3.8, 4) is 0 Å². The van der Waals surface area contributed by atoms with Crippen LogP contribution in [0.1, 0.15) is 28.2 Å². The molecule has 0 aliphatic rings. The van der Waals surface area contributed by atoms with Gasteiger partial charge in [-0.2, -0.15) is 5.21 Å². The van der Waals surface area contributed by atoms with Crippen LogP contribution in [0.15, 0.2) is 85.2 Å². The predicted octanol–water partition coefficient (Wildman–Crippen LogP) is 5.10. The van der Waals surface area contributed by atoms with Gasteiger partial charge in [0.15, 0.2) is 5.82 Å². The number of aromatic amines is 1. The Morgan fingerprint density at radius 3 is 2.69 bits per heavy atom. The number of aromatic nitrogens is 7. The number of fused-ring (bicyclic) bond motifs is 2. The number of benzene rings is 3. The Labute approximate surface area is 202 Å². The van der Waals surface area contributed by atoms with Crippen molar-refractivity contribution in [1.29, 1.82) is 0 Å². The van der Waals surface area contributed by atoms with Crippen molar-refractivity contribution in [3.05, 3.63) is 113 Å². The fraction of sp³-hybridized carbons (Fsp3) is 0.107. The Morgan fingerprint density at radius 2 is 1.77 bits per heavy atom. The molecule has 35 heavy (non-hydrogen) atoms. The van der Waals surface area contributed by atoms with Gasteiger partial charge in [0.1, 0.15) is 0 Å². The van der Waals surface area contributed by atoms with Crippen LogP contribution in [0.4, 0.5) is 0 Å². The fourth-order valence-electron chi connectivity index (χ4n) is 4.43. The lowest BCUT2D eigenvalue weighted by Crippen LogP contribution is -2.02. The third-order valence-corrected chi connectivity index (χ3v) is 6.10. The number of para-hydroxylation sites is 3. The van der Waals surface area contributed by atoms with Crippen molar-refractivity contribution >= 4 is 34.1 Å². The molecular weight excluding hydrogens is 434 g/mol. The molecule has 3 aromatic heterocycles. The van der Waals surface area contributed by atoms with Crippen LogP contribution in [-0.2, 0) is 19.4 Å². The van der Waals surface area contributed by atoms with Crippen molar-refractivity contribution in [2.24, 2.45) is 0 Å². The number of tetrazole rings is 1. The maximum Gasteiger partial charge on any atom is 0.174 e. The van der Waals surface area contributed by atoms with Crippen LogP contribution in [0, 0.1) is 0 Å². The third-order valence-electron chi connectivity index (χ3n) is 6.10. The van der Waals surface area contributed by atoms with E-state index in [-0.39, 0.29) is 0 Å². The van der Waals surface area contributed by atoms with E-state index in [2.05, 4.69) is 96.0 Å². The summed E-state index contributed by atoms with van der Waals surface area (Å²) in [5.74, 6) is 0.732. The van der Waals surface area contributed by atoms with Crippen molar-refractivity contribution in [1.82, 2.24) is 35.2 Å². The van der Waals surface area contributed by atoms with E-state index in [1.165, 1.54) is 22.0 Å². The van der Waals surface area contributed by atoms with Crippen LogP contribution >= 0.6 is 0 Å². The van der Waals surface area contributed by atoms with Gasteiger partial charge in [-0.1, -0.05) is 59.8 Å². The topological polar surface area (TPSA) is 85.2 Å². The molecule has 0 fully saturated rings. The second-order valence-electron chi connectivity index (χ2n) is 8.49. The quantitative estimate of drug-likeness (QED) is 0.360. The second-order valence-corrected chi connectivity index (χ2v) is 8.49. The van der Waals surface area contributed by atoms with Gasteiger partial charge in [-0.15, -0.1) is 10.2 Å². The Balaban J connectivity index is 1.23. The first kappa shape index (κ1) is 20.9. The summed E-state index contributed by atoms with van der Waals surface area (Å²) in [6, 6.07) is 25.1. The van der Waals surface area contributed by atoms with E-state index in [0.29, 0.717) is 0 Å². The zero-order chi connectivity index (χ0) is 23.5. The van der Waals surface area contributed by atoms with E-state index in [4.69, 9.17) is 0 Å². The number of H-pyrrole nitrogens is 1. The average molecular weight is 458 g/mol. The van der Waals surface area contributed by atoms with E-state index in [0.717, 1.165) is 47.5 Å². The van der Waals surface area contributed by atoms with E-state index in [1.807, 2.05) is 36.5 Å². The van der Waals surface area contributed by atoms with E-state index in [1.54, 1.807) is 0 Å². The summed E-state index contributed by atoms with van der Waals surface area (Å²) >= 11 is 0. The Kier molecular flexibility index (Phi) is 5.56. The molecular formula is C28H23N7.